The van der Waals surface area contributed by atoms with E-state index in [0.29, 0.717) is 12.0 Å². The van der Waals surface area contributed by atoms with Crippen molar-refractivity contribution in [3.8, 4) is 0 Å². The summed E-state index contributed by atoms with van der Waals surface area (Å²) in [6, 6.07) is 0. The number of esters is 2. The molecule has 0 atom stereocenters. The lowest BCUT2D eigenvalue weighted by Crippen LogP contribution is -2.45. The molecule has 0 radical (unpaired) electrons. The third-order valence-electron chi connectivity index (χ3n) is 5.06. The Hall–Kier alpha value is -1.92. The molecule has 1 rings (SSSR count). The molecule has 1 aliphatic rings. The first-order valence-corrected chi connectivity index (χ1v) is 8.88. The monoisotopic (exact) mass is 369 g/mol. The highest BCUT2D eigenvalue weighted by molar-refractivity contribution is 5.70. The van der Waals surface area contributed by atoms with Crippen molar-refractivity contribution in [2.75, 3.05) is 14.2 Å². The predicted molar refractivity (Wildman–Crippen MR) is 97.1 cm³/mol. The van der Waals surface area contributed by atoms with Crippen molar-refractivity contribution in [3.05, 3.63) is 21.8 Å². The summed E-state index contributed by atoms with van der Waals surface area (Å²) in [5, 5.41) is 12.2. The second kappa shape index (κ2) is 8.18. The smallest absolute Gasteiger partial charge is 0.305 e. The quantitative estimate of drug-likeness (QED) is 0.280. The molecule has 0 amide bonds. The van der Waals surface area contributed by atoms with Crippen LogP contribution in [0, 0.1) is 20.9 Å². The topological polar surface area (TPSA) is 95.7 Å². The fraction of sp³-hybridized carbons (Fsp3) is 0.789. The van der Waals surface area contributed by atoms with Crippen LogP contribution in [0.5, 0.6) is 0 Å². The van der Waals surface area contributed by atoms with Gasteiger partial charge in [0, 0.05) is 23.3 Å². The minimum atomic E-state index is -1.47. The van der Waals surface area contributed by atoms with Gasteiger partial charge in [-0.2, -0.15) is 0 Å². The van der Waals surface area contributed by atoms with Gasteiger partial charge in [-0.25, -0.2) is 0 Å². The van der Waals surface area contributed by atoms with Gasteiger partial charge in [-0.1, -0.05) is 33.8 Å². The second-order valence-corrected chi connectivity index (χ2v) is 8.62. The third kappa shape index (κ3) is 5.54. The van der Waals surface area contributed by atoms with Gasteiger partial charge in [0.05, 0.1) is 27.1 Å². The second-order valence-electron chi connectivity index (χ2n) is 8.62. The van der Waals surface area contributed by atoms with Crippen LogP contribution in [0.3, 0.4) is 0 Å². The fourth-order valence-electron chi connectivity index (χ4n) is 4.25. The summed E-state index contributed by atoms with van der Waals surface area (Å²) in [6.45, 7) is 8.29. The highest BCUT2D eigenvalue weighted by Gasteiger charge is 2.50. The summed E-state index contributed by atoms with van der Waals surface area (Å²) < 4.78 is 9.34. The van der Waals surface area contributed by atoms with E-state index in [1.54, 1.807) is 0 Å². The van der Waals surface area contributed by atoms with E-state index < -0.39 is 17.5 Å². The molecule has 7 nitrogen and oxygen atoms in total. The number of rotatable bonds is 8. The number of hydrogen-bond acceptors (Lipinski definition) is 6. The Bertz CT molecular complexity index is 571. The number of allylic oxidation sites excluding steroid dienone is 1. The van der Waals surface area contributed by atoms with Crippen molar-refractivity contribution < 1.29 is 24.0 Å². The molecule has 1 aliphatic carbocycles. The Balaban J connectivity index is 3.35. The molecular weight excluding hydrogens is 338 g/mol. The first-order chi connectivity index (χ1) is 11.9. The maximum atomic E-state index is 12.2. The minimum absolute atomic E-state index is 0.00165. The normalized spacial score (nSPS) is 18.6. The number of methoxy groups -OCH3 is 2. The maximum absolute atomic E-state index is 12.2. The molecule has 0 N–H and O–H groups in total. The van der Waals surface area contributed by atoms with Crippen LogP contribution in [0.15, 0.2) is 11.6 Å². The molecule has 26 heavy (non-hydrogen) atoms. The van der Waals surface area contributed by atoms with Crippen molar-refractivity contribution in [1.82, 2.24) is 0 Å². The third-order valence-corrected chi connectivity index (χ3v) is 5.06. The number of nitro groups is 1. The number of carbonyl (C=O) groups is 2. The van der Waals surface area contributed by atoms with Crippen molar-refractivity contribution in [2.45, 2.75) is 71.8 Å². The molecule has 0 heterocycles. The molecule has 0 saturated carbocycles. The molecule has 0 aromatic carbocycles. The van der Waals surface area contributed by atoms with Crippen molar-refractivity contribution in [2.24, 2.45) is 10.8 Å². The molecule has 148 valence electrons. The fourth-order valence-corrected chi connectivity index (χ4v) is 4.25. The van der Waals surface area contributed by atoms with Crippen LogP contribution in [0.1, 0.15) is 66.2 Å². The van der Waals surface area contributed by atoms with Gasteiger partial charge in [0.25, 0.3) is 0 Å². The Morgan fingerprint density at radius 3 is 1.92 bits per heavy atom. The van der Waals surface area contributed by atoms with Crippen LogP contribution >= 0.6 is 0 Å². The Morgan fingerprint density at radius 1 is 1.12 bits per heavy atom. The molecule has 0 aromatic heterocycles. The zero-order valence-electron chi connectivity index (χ0n) is 16.7. The van der Waals surface area contributed by atoms with Gasteiger partial charge in [-0.15, -0.1) is 0 Å². The number of hydrogen-bond donors (Lipinski definition) is 0. The first kappa shape index (κ1) is 22.1. The van der Waals surface area contributed by atoms with E-state index in [1.807, 2.05) is 6.08 Å². The van der Waals surface area contributed by atoms with E-state index in [4.69, 9.17) is 0 Å². The predicted octanol–water partition coefficient (Wildman–Crippen LogP) is 3.68. The van der Waals surface area contributed by atoms with Gasteiger partial charge in [0.2, 0.25) is 5.54 Å². The summed E-state index contributed by atoms with van der Waals surface area (Å²) in [7, 11) is 2.52. The molecule has 0 unspecified atom stereocenters. The van der Waals surface area contributed by atoms with Gasteiger partial charge in [-0.05, 0) is 23.7 Å². The van der Waals surface area contributed by atoms with E-state index in [1.165, 1.54) is 14.2 Å². The summed E-state index contributed by atoms with van der Waals surface area (Å²) >= 11 is 0. The average Bonchev–Trinajstić information content (AvgIpc) is 2.51. The highest BCUT2D eigenvalue weighted by Crippen LogP contribution is 2.49. The van der Waals surface area contributed by atoms with E-state index in [9.17, 15) is 19.7 Å². The SMILES string of the molecule is COC(=O)CCC(CCC(=O)OC)(C1=CC(C)(C)CC(C)(C)C1)[N+](=O)[O-]. The summed E-state index contributed by atoms with van der Waals surface area (Å²) in [5.41, 5.74) is -1.09. The van der Waals surface area contributed by atoms with Crippen molar-refractivity contribution in [3.63, 3.8) is 0 Å². The Morgan fingerprint density at radius 2 is 1.58 bits per heavy atom. The zero-order valence-corrected chi connectivity index (χ0v) is 16.7. The highest BCUT2D eigenvalue weighted by atomic mass is 16.6. The van der Waals surface area contributed by atoms with Crippen LogP contribution in [-0.2, 0) is 19.1 Å². The molecule has 0 fully saturated rings. The van der Waals surface area contributed by atoms with Crippen molar-refractivity contribution >= 4 is 11.9 Å². The van der Waals surface area contributed by atoms with E-state index in [-0.39, 0.29) is 41.4 Å². The largest absolute Gasteiger partial charge is 0.469 e. The van der Waals surface area contributed by atoms with Crippen LogP contribution < -0.4 is 0 Å². The molecule has 7 heteroatoms. The van der Waals surface area contributed by atoms with Gasteiger partial charge in [0.15, 0.2) is 0 Å². The van der Waals surface area contributed by atoms with E-state index >= 15 is 0 Å². The lowest BCUT2D eigenvalue weighted by atomic mass is 9.62. The van der Waals surface area contributed by atoms with Gasteiger partial charge in [0.1, 0.15) is 0 Å². The van der Waals surface area contributed by atoms with Crippen LogP contribution in [0.25, 0.3) is 0 Å². The van der Waals surface area contributed by atoms with Crippen LogP contribution in [0.2, 0.25) is 0 Å². The van der Waals surface area contributed by atoms with Gasteiger partial charge < -0.3 is 9.47 Å². The van der Waals surface area contributed by atoms with Crippen molar-refractivity contribution in [1.29, 1.82) is 0 Å². The standard InChI is InChI=1S/C19H31NO6/c1-17(2)11-14(12-18(3,4)13-17)19(20(23)24,9-7-15(21)25-5)10-8-16(22)26-6/h11H,7-10,12-13H2,1-6H3. The molecule has 0 spiro atoms. The molecule has 0 bridgehead atoms. The molecule has 0 aromatic rings. The lowest BCUT2D eigenvalue weighted by molar-refractivity contribution is -0.561. The van der Waals surface area contributed by atoms with Crippen LogP contribution in [-0.4, -0.2) is 36.6 Å². The Labute approximate surface area is 155 Å². The Kier molecular flexibility index (Phi) is 6.96. The summed E-state index contributed by atoms with van der Waals surface area (Å²) in [5.74, 6) is -0.992. The van der Waals surface area contributed by atoms with Gasteiger partial charge in [-0.3, -0.25) is 19.7 Å². The number of ether oxygens (including phenoxy) is 2. The number of nitrogens with zero attached hydrogens (tertiary/aromatic N) is 1. The lowest BCUT2D eigenvalue weighted by Gasteiger charge is -2.42. The summed E-state index contributed by atoms with van der Waals surface area (Å²) in [4.78, 5) is 35.2. The van der Waals surface area contributed by atoms with Gasteiger partial charge >= 0.3 is 11.9 Å². The first-order valence-electron chi connectivity index (χ1n) is 8.88. The molecule has 0 aliphatic heterocycles. The average molecular weight is 369 g/mol. The maximum Gasteiger partial charge on any atom is 0.305 e. The van der Waals surface area contributed by atoms with Crippen LogP contribution in [0.4, 0.5) is 0 Å². The van der Waals surface area contributed by atoms with E-state index in [2.05, 4.69) is 37.2 Å². The van der Waals surface area contributed by atoms with E-state index in [0.717, 1.165) is 6.42 Å². The number of carbonyl (C=O) groups excluding carboxylic acids is 2. The zero-order chi connectivity index (χ0) is 20.2. The molecule has 0 saturated heterocycles. The summed E-state index contributed by atoms with van der Waals surface area (Å²) in [6.07, 6.45) is 3.29. The molecular formula is C19H31NO6. The minimum Gasteiger partial charge on any atom is -0.469 e.